The molecule has 0 aromatic rings. The highest BCUT2D eigenvalue weighted by Crippen LogP contribution is 2.63. The van der Waals surface area contributed by atoms with E-state index in [1.54, 1.807) is 0 Å². The van der Waals surface area contributed by atoms with Crippen LogP contribution in [0.1, 0.15) is 51.4 Å². The van der Waals surface area contributed by atoms with Gasteiger partial charge in [0.25, 0.3) is 0 Å². The molecule has 0 spiro atoms. The molecule has 0 saturated heterocycles. The van der Waals surface area contributed by atoms with Crippen molar-refractivity contribution in [2.45, 2.75) is 56.3 Å². The molecule has 0 radical (unpaired) electrons. The minimum Gasteiger partial charge on any atom is -0.367 e. The van der Waals surface area contributed by atoms with Gasteiger partial charge >= 0.3 is 0 Å². The Kier molecular flexibility index (Phi) is 4.00. The van der Waals surface area contributed by atoms with Crippen LogP contribution >= 0.6 is 11.8 Å². The molecule has 2 aliphatic carbocycles. The SMILES string of the molecule is COC1(SC)C2CCCCCCCCC21. The van der Waals surface area contributed by atoms with Gasteiger partial charge in [0.1, 0.15) is 4.93 Å². The van der Waals surface area contributed by atoms with Crippen LogP contribution in [-0.2, 0) is 4.74 Å². The Morgan fingerprint density at radius 1 is 0.933 bits per heavy atom. The Balaban J connectivity index is 1.94. The van der Waals surface area contributed by atoms with Gasteiger partial charge in [-0.2, -0.15) is 0 Å². The largest absolute Gasteiger partial charge is 0.367 e. The third kappa shape index (κ3) is 2.21. The molecule has 2 aliphatic rings. The summed E-state index contributed by atoms with van der Waals surface area (Å²) in [6, 6.07) is 0. The maximum absolute atomic E-state index is 5.80. The molecule has 88 valence electrons. The second-order valence-corrected chi connectivity index (χ2v) is 6.09. The van der Waals surface area contributed by atoms with E-state index in [0.29, 0.717) is 0 Å². The van der Waals surface area contributed by atoms with E-state index in [1.807, 2.05) is 18.9 Å². The number of hydrogen-bond acceptors (Lipinski definition) is 2. The Hall–Kier alpha value is 0.310. The molecule has 2 atom stereocenters. The van der Waals surface area contributed by atoms with Gasteiger partial charge in [-0.1, -0.05) is 38.5 Å². The fourth-order valence-electron chi connectivity index (χ4n) is 3.41. The third-order valence-electron chi connectivity index (χ3n) is 4.33. The first kappa shape index (κ1) is 11.8. The number of methoxy groups -OCH3 is 1. The van der Waals surface area contributed by atoms with Crippen LogP contribution in [0.3, 0.4) is 0 Å². The van der Waals surface area contributed by atoms with Crippen LogP contribution in [0.15, 0.2) is 0 Å². The summed E-state index contributed by atoms with van der Waals surface area (Å²) in [6.07, 6.45) is 13.7. The number of rotatable bonds is 2. The van der Waals surface area contributed by atoms with Gasteiger partial charge in [0.05, 0.1) is 0 Å². The Morgan fingerprint density at radius 3 is 1.80 bits per heavy atom. The topological polar surface area (TPSA) is 9.23 Å². The average Bonchev–Trinajstić information content (AvgIpc) is 2.92. The maximum Gasteiger partial charge on any atom is 0.119 e. The third-order valence-corrected chi connectivity index (χ3v) is 5.74. The number of ether oxygens (including phenoxy) is 1. The molecule has 2 heteroatoms. The second-order valence-electron chi connectivity index (χ2n) is 5.04. The monoisotopic (exact) mass is 228 g/mol. The van der Waals surface area contributed by atoms with Crippen molar-refractivity contribution in [3.05, 3.63) is 0 Å². The molecule has 0 aliphatic heterocycles. The summed E-state index contributed by atoms with van der Waals surface area (Å²) in [5.41, 5.74) is 0. The predicted molar refractivity (Wildman–Crippen MR) is 67.2 cm³/mol. The van der Waals surface area contributed by atoms with Gasteiger partial charge in [-0.15, -0.1) is 11.8 Å². The lowest BCUT2D eigenvalue weighted by Crippen LogP contribution is -2.11. The minimum absolute atomic E-state index is 0.213. The summed E-state index contributed by atoms with van der Waals surface area (Å²) in [4.78, 5) is 0.213. The standard InChI is InChI=1S/C13H24OS/c1-14-13(15-2)11-9-7-5-3-4-6-8-10-12(11)13/h11-12H,3-10H2,1-2H3. The van der Waals surface area contributed by atoms with Crippen molar-refractivity contribution in [2.75, 3.05) is 13.4 Å². The number of fused-ring (bicyclic) bond motifs is 1. The van der Waals surface area contributed by atoms with E-state index in [2.05, 4.69) is 6.26 Å². The summed E-state index contributed by atoms with van der Waals surface area (Å²) in [5.74, 6) is 1.71. The van der Waals surface area contributed by atoms with Crippen LogP contribution in [0.25, 0.3) is 0 Å². The van der Waals surface area contributed by atoms with Gasteiger partial charge in [0.2, 0.25) is 0 Å². The van der Waals surface area contributed by atoms with E-state index in [0.717, 1.165) is 11.8 Å². The van der Waals surface area contributed by atoms with E-state index < -0.39 is 0 Å². The molecule has 2 rings (SSSR count). The highest BCUT2D eigenvalue weighted by molar-refractivity contribution is 8.00. The van der Waals surface area contributed by atoms with E-state index >= 15 is 0 Å². The van der Waals surface area contributed by atoms with E-state index in [4.69, 9.17) is 4.74 Å². The summed E-state index contributed by atoms with van der Waals surface area (Å²) < 4.78 is 5.80. The van der Waals surface area contributed by atoms with Crippen molar-refractivity contribution in [2.24, 2.45) is 11.8 Å². The van der Waals surface area contributed by atoms with Crippen LogP contribution in [0.5, 0.6) is 0 Å². The summed E-state index contributed by atoms with van der Waals surface area (Å²) in [5, 5.41) is 0. The lowest BCUT2D eigenvalue weighted by molar-refractivity contribution is 0.129. The average molecular weight is 228 g/mol. The van der Waals surface area contributed by atoms with Crippen molar-refractivity contribution in [3.8, 4) is 0 Å². The molecule has 1 nitrogen and oxygen atoms in total. The van der Waals surface area contributed by atoms with Crippen LogP contribution < -0.4 is 0 Å². The molecule has 0 heterocycles. The van der Waals surface area contributed by atoms with Crippen molar-refractivity contribution in [1.82, 2.24) is 0 Å². The molecular formula is C13H24OS. The smallest absolute Gasteiger partial charge is 0.119 e. The molecule has 0 N–H and O–H groups in total. The zero-order valence-corrected chi connectivity index (χ0v) is 10.9. The molecular weight excluding hydrogens is 204 g/mol. The Labute approximate surface area is 98.3 Å². The van der Waals surface area contributed by atoms with Gasteiger partial charge < -0.3 is 4.74 Å². The van der Waals surface area contributed by atoms with Crippen LogP contribution in [0.4, 0.5) is 0 Å². The first-order chi connectivity index (χ1) is 7.35. The molecule has 0 aromatic carbocycles. The molecule has 0 bridgehead atoms. The first-order valence-electron chi connectivity index (χ1n) is 6.45. The van der Waals surface area contributed by atoms with Gasteiger partial charge in [-0.05, 0) is 19.1 Å². The zero-order valence-electron chi connectivity index (χ0n) is 10.1. The maximum atomic E-state index is 5.80. The second kappa shape index (κ2) is 5.09. The lowest BCUT2D eigenvalue weighted by Gasteiger charge is -2.13. The molecule has 2 unspecified atom stereocenters. The fraction of sp³-hybridized carbons (Fsp3) is 1.00. The lowest BCUT2D eigenvalue weighted by atomic mass is 10.0. The number of hydrogen-bond donors (Lipinski definition) is 0. The van der Waals surface area contributed by atoms with Gasteiger partial charge in [0, 0.05) is 18.9 Å². The zero-order chi connectivity index (χ0) is 10.7. The normalized spacial score (nSPS) is 42.0. The summed E-state index contributed by atoms with van der Waals surface area (Å²) in [7, 11) is 1.91. The highest BCUT2D eigenvalue weighted by Gasteiger charge is 2.63. The fourth-order valence-corrected chi connectivity index (χ4v) is 4.68. The number of thioether (sulfide) groups is 1. The van der Waals surface area contributed by atoms with E-state index in [9.17, 15) is 0 Å². The molecule has 15 heavy (non-hydrogen) atoms. The molecule has 2 saturated carbocycles. The quantitative estimate of drug-likeness (QED) is 0.659. The molecule has 2 fully saturated rings. The van der Waals surface area contributed by atoms with E-state index in [1.165, 1.54) is 51.4 Å². The summed E-state index contributed by atoms with van der Waals surface area (Å²) >= 11 is 1.95. The van der Waals surface area contributed by atoms with Gasteiger partial charge in [-0.3, -0.25) is 0 Å². The van der Waals surface area contributed by atoms with Crippen molar-refractivity contribution in [3.63, 3.8) is 0 Å². The minimum atomic E-state index is 0.213. The summed E-state index contributed by atoms with van der Waals surface area (Å²) in [6.45, 7) is 0. The predicted octanol–water partition coefficient (Wildman–Crippen LogP) is 4.07. The van der Waals surface area contributed by atoms with Crippen molar-refractivity contribution < 1.29 is 4.74 Å². The van der Waals surface area contributed by atoms with Gasteiger partial charge in [0.15, 0.2) is 0 Å². The van der Waals surface area contributed by atoms with E-state index in [-0.39, 0.29) is 4.93 Å². The molecule has 0 aromatic heterocycles. The van der Waals surface area contributed by atoms with Crippen LogP contribution in [-0.4, -0.2) is 18.3 Å². The van der Waals surface area contributed by atoms with Crippen LogP contribution in [0.2, 0.25) is 0 Å². The molecule has 0 amide bonds. The van der Waals surface area contributed by atoms with Crippen LogP contribution in [0, 0.1) is 11.8 Å². The first-order valence-corrected chi connectivity index (χ1v) is 7.68. The Morgan fingerprint density at radius 2 is 1.40 bits per heavy atom. The highest BCUT2D eigenvalue weighted by atomic mass is 32.2. The van der Waals surface area contributed by atoms with Gasteiger partial charge in [-0.25, -0.2) is 0 Å². The van der Waals surface area contributed by atoms with Crippen molar-refractivity contribution >= 4 is 11.8 Å². The Bertz CT molecular complexity index is 183. The van der Waals surface area contributed by atoms with Crippen molar-refractivity contribution in [1.29, 1.82) is 0 Å².